The van der Waals surface area contributed by atoms with Gasteiger partial charge in [-0.15, -0.1) is 0 Å². The molecule has 0 amide bonds. The van der Waals surface area contributed by atoms with Crippen LogP contribution in [0.2, 0.25) is 0 Å². The Hall–Kier alpha value is -3.29. The molecule has 0 heterocycles. The van der Waals surface area contributed by atoms with Crippen LogP contribution in [0.15, 0.2) is 30.0 Å². The maximum atomic E-state index is 12.6. The molecule has 0 aliphatic heterocycles. The summed E-state index contributed by atoms with van der Waals surface area (Å²) in [6.07, 6.45) is -3.85. The topological polar surface area (TPSA) is 117 Å². The summed E-state index contributed by atoms with van der Waals surface area (Å²) in [4.78, 5) is 21.2. The molecular weight excluding hydrogens is 333 g/mol. The molecule has 1 rings (SSSR count). The van der Waals surface area contributed by atoms with Crippen LogP contribution in [0.1, 0.15) is 12.5 Å². The second-order valence-electron chi connectivity index (χ2n) is 4.15. The van der Waals surface area contributed by atoms with Crippen molar-refractivity contribution >= 4 is 17.3 Å². The lowest BCUT2D eigenvalue weighted by Gasteiger charge is -2.10. The Morgan fingerprint density at radius 1 is 1.50 bits per heavy atom. The minimum atomic E-state index is -4.73. The van der Waals surface area contributed by atoms with E-state index >= 15 is 0 Å². The largest absolute Gasteiger partial charge is 0.462 e. The van der Waals surface area contributed by atoms with Crippen LogP contribution in [0.5, 0.6) is 0 Å². The number of nitriles is 1. The summed E-state index contributed by atoms with van der Waals surface area (Å²) in [6.45, 7) is 1.57. The lowest BCUT2D eigenvalue weighted by molar-refractivity contribution is -0.384. The number of alkyl halides is 3. The van der Waals surface area contributed by atoms with E-state index in [1.54, 1.807) is 6.07 Å². The number of anilines is 1. The highest BCUT2D eigenvalue weighted by atomic mass is 19.4. The molecule has 0 atom stereocenters. The Balaban J connectivity index is 2.98. The standard InChI is InChI=1S/C13H11F3N4O4/c1-2-24-12(21)8(6-17)7-18-19-10-4-3-9(13(14,15)16)5-11(10)20(22)23/h3-5,7,18-19H,2H2,1H3. The Morgan fingerprint density at radius 3 is 2.67 bits per heavy atom. The van der Waals surface area contributed by atoms with Gasteiger partial charge in [0.05, 0.1) is 17.1 Å². The Kier molecular flexibility index (Phi) is 6.11. The Morgan fingerprint density at radius 2 is 2.17 bits per heavy atom. The number of nitro groups is 1. The van der Waals surface area contributed by atoms with Gasteiger partial charge in [-0.05, 0) is 19.1 Å². The molecule has 0 aliphatic rings. The molecule has 0 fully saturated rings. The normalized spacial score (nSPS) is 11.4. The number of rotatable bonds is 6. The highest BCUT2D eigenvalue weighted by Gasteiger charge is 2.33. The summed E-state index contributed by atoms with van der Waals surface area (Å²) in [5.41, 5.74) is 1.73. The van der Waals surface area contributed by atoms with Crippen molar-refractivity contribution in [2.75, 3.05) is 12.0 Å². The molecule has 0 unspecified atom stereocenters. The average molecular weight is 344 g/mol. The van der Waals surface area contributed by atoms with E-state index in [9.17, 15) is 28.1 Å². The van der Waals surface area contributed by atoms with Crippen molar-refractivity contribution in [2.24, 2.45) is 0 Å². The van der Waals surface area contributed by atoms with E-state index < -0.39 is 33.9 Å². The fourth-order valence-corrected chi connectivity index (χ4v) is 1.50. The molecule has 0 radical (unpaired) electrons. The van der Waals surface area contributed by atoms with Crippen molar-refractivity contribution in [1.82, 2.24) is 5.43 Å². The number of nitro benzene ring substituents is 1. The van der Waals surface area contributed by atoms with Crippen molar-refractivity contribution in [1.29, 1.82) is 5.26 Å². The number of benzene rings is 1. The van der Waals surface area contributed by atoms with Gasteiger partial charge in [0.2, 0.25) is 0 Å². The zero-order chi connectivity index (χ0) is 18.3. The molecule has 11 heteroatoms. The van der Waals surface area contributed by atoms with Gasteiger partial charge in [-0.1, -0.05) is 0 Å². The van der Waals surface area contributed by atoms with E-state index in [4.69, 9.17) is 5.26 Å². The zero-order valence-electron chi connectivity index (χ0n) is 12.2. The van der Waals surface area contributed by atoms with Crippen molar-refractivity contribution in [2.45, 2.75) is 13.1 Å². The highest BCUT2D eigenvalue weighted by molar-refractivity contribution is 5.92. The third-order valence-electron chi connectivity index (χ3n) is 2.56. The number of halogens is 3. The van der Waals surface area contributed by atoms with Gasteiger partial charge in [-0.3, -0.25) is 15.5 Å². The van der Waals surface area contributed by atoms with Crippen molar-refractivity contribution < 1.29 is 27.6 Å². The van der Waals surface area contributed by atoms with Crippen LogP contribution in [0.4, 0.5) is 24.5 Å². The van der Waals surface area contributed by atoms with E-state index in [2.05, 4.69) is 15.6 Å². The highest BCUT2D eigenvalue weighted by Crippen LogP contribution is 2.34. The van der Waals surface area contributed by atoms with Crippen LogP contribution >= 0.6 is 0 Å². The van der Waals surface area contributed by atoms with Crippen LogP contribution in [0.3, 0.4) is 0 Å². The number of carbonyl (C=O) groups is 1. The minimum Gasteiger partial charge on any atom is -0.462 e. The van der Waals surface area contributed by atoms with Gasteiger partial charge < -0.3 is 10.2 Å². The second-order valence-corrected chi connectivity index (χ2v) is 4.15. The molecule has 0 saturated heterocycles. The molecule has 1 aromatic carbocycles. The molecule has 2 N–H and O–H groups in total. The van der Waals surface area contributed by atoms with Crippen molar-refractivity contribution in [3.8, 4) is 6.07 Å². The minimum absolute atomic E-state index is 0.0374. The fraction of sp³-hybridized carbons (Fsp3) is 0.231. The van der Waals surface area contributed by atoms with Gasteiger partial charge in [0.25, 0.3) is 5.69 Å². The molecule has 24 heavy (non-hydrogen) atoms. The van der Waals surface area contributed by atoms with Crippen LogP contribution in [-0.2, 0) is 15.7 Å². The smallest absolute Gasteiger partial charge is 0.416 e. The number of hydrazine groups is 1. The predicted octanol–water partition coefficient (Wildman–Crippen LogP) is 2.50. The van der Waals surface area contributed by atoms with Crippen molar-refractivity contribution in [3.63, 3.8) is 0 Å². The molecule has 0 spiro atoms. The van der Waals surface area contributed by atoms with E-state index in [0.717, 1.165) is 12.3 Å². The van der Waals surface area contributed by atoms with Gasteiger partial charge in [-0.2, -0.15) is 18.4 Å². The zero-order valence-corrected chi connectivity index (χ0v) is 12.2. The summed E-state index contributed by atoms with van der Waals surface area (Å²) in [7, 11) is 0. The number of ether oxygens (including phenoxy) is 1. The first-order valence-electron chi connectivity index (χ1n) is 6.35. The number of nitrogens with zero attached hydrogens (tertiary/aromatic N) is 2. The maximum Gasteiger partial charge on any atom is 0.416 e. The molecule has 8 nitrogen and oxygen atoms in total. The third-order valence-corrected chi connectivity index (χ3v) is 2.56. The van der Waals surface area contributed by atoms with Crippen molar-refractivity contribution in [3.05, 3.63) is 45.6 Å². The Bertz CT molecular complexity index is 710. The van der Waals surface area contributed by atoms with Crippen LogP contribution in [-0.4, -0.2) is 17.5 Å². The number of esters is 1. The van der Waals surface area contributed by atoms with Gasteiger partial charge in [0.15, 0.2) is 5.57 Å². The Labute approximate surface area is 133 Å². The molecular formula is C13H11F3N4O4. The van der Waals surface area contributed by atoms with E-state index in [0.29, 0.717) is 12.1 Å². The second kappa shape index (κ2) is 7.82. The number of nitrogens with one attached hydrogen (secondary N) is 2. The average Bonchev–Trinajstić information content (AvgIpc) is 2.50. The number of hydrogen-bond donors (Lipinski definition) is 2. The summed E-state index contributed by atoms with van der Waals surface area (Å²) in [5, 5.41) is 19.6. The monoisotopic (exact) mass is 344 g/mol. The van der Waals surface area contributed by atoms with E-state index in [1.165, 1.54) is 6.92 Å². The molecule has 0 aromatic heterocycles. The summed E-state index contributed by atoms with van der Waals surface area (Å²) >= 11 is 0. The lowest BCUT2D eigenvalue weighted by Crippen LogP contribution is -2.19. The predicted molar refractivity (Wildman–Crippen MR) is 75.2 cm³/mol. The number of carbonyl (C=O) groups excluding carboxylic acids is 1. The first-order chi connectivity index (χ1) is 11.2. The molecule has 1 aromatic rings. The molecule has 128 valence electrons. The molecule has 0 bridgehead atoms. The van der Waals surface area contributed by atoms with Gasteiger partial charge in [0.1, 0.15) is 11.8 Å². The lowest BCUT2D eigenvalue weighted by atomic mass is 10.1. The van der Waals surface area contributed by atoms with Gasteiger partial charge >= 0.3 is 12.1 Å². The quantitative estimate of drug-likeness (QED) is 0.268. The summed E-state index contributed by atoms with van der Waals surface area (Å²) in [6, 6.07) is 3.40. The third kappa shape index (κ3) is 4.87. The first-order valence-corrected chi connectivity index (χ1v) is 6.35. The first kappa shape index (κ1) is 18.8. The van der Waals surface area contributed by atoms with Gasteiger partial charge in [-0.25, -0.2) is 4.79 Å². The van der Waals surface area contributed by atoms with Gasteiger partial charge in [0, 0.05) is 12.3 Å². The molecule has 0 aliphatic carbocycles. The van der Waals surface area contributed by atoms with E-state index in [-0.39, 0.29) is 12.3 Å². The number of hydrogen-bond acceptors (Lipinski definition) is 7. The van der Waals surface area contributed by atoms with Crippen LogP contribution in [0.25, 0.3) is 0 Å². The molecule has 0 saturated carbocycles. The summed E-state index contributed by atoms with van der Waals surface area (Å²) < 4.78 is 42.3. The fourth-order valence-electron chi connectivity index (χ4n) is 1.50. The maximum absolute atomic E-state index is 12.6. The van der Waals surface area contributed by atoms with Crippen LogP contribution in [0, 0.1) is 21.4 Å². The van der Waals surface area contributed by atoms with E-state index in [1.807, 2.05) is 0 Å². The van der Waals surface area contributed by atoms with Crippen LogP contribution < -0.4 is 10.9 Å². The summed E-state index contributed by atoms with van der Waals surface area (Å²) in [5.74, 6) is -0.920. The SMILES string of the molecule is CCOC(=O)C(C#N)=CNNc1ccc(C(F)(F)F)cc1[N+](=O)[O-].